The molecule has 0 fully saturated rings. The smallest absolute Gasteiger partial charge is 0.251 e. The van der Waals surface area contributed by atoms with E-state index in [9.17, 15) is 14.3 Å². The van der Waals surface area contributed by atoms with Crippen LogP contribution in [0.25, 0.3) is 0 Å². The molecule has 2 rings (SSSR count). The van der Waals surface area contributed by atoms with E-state index in [0.717, 1.165) is 6.07 Å². The van der Waals surface area contributed by atoms with Gasteiger partial charge < -0.3 is 15.2 Å². The number of benzene rings is 2. The van der Waals surface area contributed by atoms with E-state index in [-0.39, 0.29) is 24.6 Å². The summed E-state index contributed by atoms with van der Waals surface area (Å²) in [4.78, 5) is 12.0. The fourth-order valence-corrected chi connectivity index (χ4v) is 2.01. The highest BCUT2D eigenvalue weighted by molar-refractivity contribution is 5.94. The number of hydrogen-bond donors (Lipinski definition) is 2. The lowest BCUT2D eigenvalue weighted by Crippen LogP contribution is -2.30. The zero-order chi connectivity index (χ0) is 17.5. The summed E-state index contributed by atoms with van der Waals surface area (Å²) in [6.45, 7) is 1.82. The summed E-state index contributed by atoms with van der Waals surface area (Å²) in [5, 5.41) is 20.8. The highest BCUT2D eigenvalue weighted by Crippen LogP contribution is 2.17. The molecular weight excluding hydrogens is 311 g/mol. The van der Waals surface area contributed by atoms with Gasteiger partial charge in [-0.25, -0.2) is 4.39 Å². The first-order valence-corrected chi connectivity index (χ1v) is 7.37. The van der Waals surface area contributed by atoms with Gasteiger partial charge in [-0.15, -0.1) is 0 Å². The van der Waals surface area contributed by atoms with Gasteiger partial charge in [0.1, 0.15) is 18.2 Å². The molecule has 2 aromatic rings. The molecule has 0 heterocycles. The molecule has 0 aliphatic carbocycles. The van der Waals surface area contributed by atoms with E-state index in [1.54, 1.807) is 31.2 Å². The number of hydrogen-bond acceptors (Lipinski definition) is 4. The normalized spacial score (nSPS) is 11.4. The second-order valence-corrected chi connectivity index (χ2v) is 5.29. The van der Waals surface area contributed by atoms with E-state index in [2.05, 4.69) is 5.32 Å². The minimum Gasteiger partial charge on any atom is -0.489 e. The van der Waals surface area contributed by atoms with Crippen LogP contribution >= 0.6 is 0 Å². The van der Waals surface area contributed by atoms with E-state index in [1.165, 1.54) is 12.1 Å². The first-order valence-electron chi connectivity index (χ1n) is 7.37. The number of carbonyl (C=O) groups is 1. The standard InChI is InChI=1S/C18H17FN2O3/c1-12(22)10-21-18(23)13-3-2-4-17(8-13)24-11-14-5-6-16(19)7-15(14)9-20/h2-8,12,22H,10-11H2,1H3,(H,21,23)/t12-/m0/s1. The molecular formula is C18H17FN2O3. The molecule has 0 radical (unpaired) electrons. The number of carbonyl (C=O) groups excluding carboxylic acids is 1. The average molecular weight is 328 g/mol. The largest absolute Gasteiger partial charge is 0.489 e. The lowest BCUT2D eigenvalue weighted by atomic mass is 10.1. The third-order valence-electron chi connectivity index (χ3n) is 3.24. The summed E-state index contributed by atoms with van der Waals surface area (Å²) in [6, 6.07) is 12.4. The summed E-state index contributed by atoms with van der Waals surface area (Å²) in [5.74, 6) is -0.346. The number of nitriles is 1. The summed E-state index contributed by atoms with van der Waals surface area (Å²) in [6.07, 6.45) is -0.628. The van der Waals surface area contributed by atoms with Gasteiger partial charge in [0, 0.05) is 17.7 Å². The van der Waals surface area contributed by atoms with Crippen LogP contribution in [0.2, 0.25) is 0 Å². The Morgan fingerprint density at radius 2 is 2.17 bits per heavy atom. The van der Waals surface area contributed by atoms with Crippen molar-refractivity contribution in [3.63, 3.8) is 0 Å². The molecule has 6 heteroatoms. The lowest BCUT2D eigenvalue weighted by molar-refractivity contribution is 0.0923. The van der Waals surface area contributed by atoms with Crippen molar-refractivity contribution in [3.05, 3.63) is 65.0 Å². The molecule has 1 atom stereocenters. The Morgan fingerprint density at radius 3 is 2.88 bits per heavy atom. The summed E-state index contributed by atoms with van der Waals surface area (Å²) < 4.78 is 18.7. The fraction of sp³-hybridized carbons (Fsp3) is 0.222. The Morgan fingerprint density at radius 1 is 1.38 bits per heavy atom. The van der Waals surface area contributed by atoms with Crippen molar-refractivity contribution in [3.8, 4) is 11.8 Å². The number of nitrogens with zero attached hydrogens (tertiary/aromatic N) is 1. The maximum Gasteiger partial charge on any atom is 0.251 e. The molecule has 0 unspecified atom stereocenters. The average Bonchev–Trinajstić information content (AvgIpc) is 2.58. The van der Waals surface area contributed by atoms with Crippen molar-refractivity contribution in [2.75, 3.05) is 6.54 Å². The summed E-state index contributed by atoms with van der Waals surface area (Å²) in [5.41, 5.74) is 1.16. The zero-order valence-electron chi connectivity index (χ0n) is 13.1. The van der Waals surface area contributed by atoms with Gasteiger partial charge in [0.05, 0.1) is 17.7 Å². The Balaban J connectivity index is 2.05. The van der Waals surface area contributed by atoms with E-state index in [1.807, 2.05) is 6.07 Å². The summed E-state index contributed by atoms with van der Waals surface area (Å²) in [7, 11) is 0. The topological polar surface area (TPSA) is 82.3 Å². The zero-order valence-corrected chi connectivity index (χ0v) is 13.1. The second-order valence-electron chi connectivity index (χ2n) is 5.29. The number of amides is 1. The van der Waals surface area contributed by atoms with E-state index < -0.39 is 11.9 Å². The Kier molecular flexibility index (Phi) is 5.88. The molecule has 0 spiro atoms. The number of ether oxygens (including phenoxy) is 1. The highest BCUT2D eigenvalue weighted by atomic mass is 19.1. The van der Waals surface area contributed by atoms with Gasteiger partial charge in [-0.05, 0) is 37.3 Å². The molecule has 0 saturated carbocycles. The Bertz CT molecular complexity index is 769. The van der Waals surface area contributed by atoms with Crippen molar-refractivity contribution < 1.29 is 19.0 Å². The van der Waals surface area contributed by atoms with E-state index in [4.69, 9.17) is 10.00 Å². The van der Waals surface area contributed by atoms with Crippen LogP contribution in [0.15, 0.2) is 42.5 Å². The molecule has 0 saturated heterocycles. The first kappa shape index (κ1) is 17.4. The van der Waals surface area contributed by atoms with Gasteiger partial charge >= 0.3 is 0 Å². The highest BCUT2D eigenvalue weighted by Gasteiger charge is 2.09. The fourth-order valence-electron chi connectivity index (χ4n) is 2.01. The molecule has 24 heavy (non-hydrogen) atoms. The van der Waals surface area contributed by atoms with Gasteiger partial charge in [-0.1, -0.05) is 12.1 Å². The molecule has 5 nitrogen and oxygen atoms in total. The van der Waals surface area contributed by atoms with Crippen LogP contribution in [-0.2, 0) is 6.61 Å². The maximum atomic E-state index is 13.1. The molecule has 1 amide bonds. The van der Waals surface area contributed by atoms with Crippen LogP contribution in [0.5, 0.6) is 5.75 Å². The lowest BCUT2D eigenvalue weighted by Gasteiger charge is -2.10. The third kappa shape index (κ3) is 4.80. The molecule has 0 bridgehead atoms. The molecule has 2 aromatic carbocycles. The molecule has 124 valence electrons. The molecule has 0 aliphatic rings. The van der Waals surface area contributed by atoms with Crippen LogP contribution in [0.1, 0.15) is 28.4 Å². The maximum absolute atomic E-state index is 13.1. The van der Waals surface area contributed by atoms with Crippen LogP contribution in [0.4, 0.5) is 4.39 Å². The Hall–Kier alpha value is -2.91. The summed E-state index contributed by atoms with van der Waals surface area (Å²) >= 11 is 0. The predicted octanol–water partition coefficient (Wildman–Crippen LogP) is 2.39. The van der Waals surface area contributed by atoms with Crippen molar-refractivity contribution in [1.82, 2.24) is 5.32 Å². The van der Waals surface area contributed by atoms with Crippen LogP contribution in [0.3, 0.4) is 0 Å². The third-order valence-corrected chi connectivity index (χ3v) is 3.24. The van der Waals surface area contributed by atoms with Crippen LogP contribution < -0.4 is 10.1 Å². The second kappa shape index (κ2) is 8.09. The van der Waals surface area contributed by atoms with Gasteiger partial charge in [-0.3, -0.25) is 4.79 Å². The number of rotatable bonds is 6. The minimum atomic E-state index is -0.628. The Labute approximate surface area is 139 Å². The van der Waals surface area contributed by atoms with Crippen molar-refractivity contribution in [2.24, 2.45) is 0 Å². The van der Waals surface area contributed by atoms with Gasteiger partial charge in [0.25, 0.3) is 5.91 Å². The van der Waals surface area contributed by atoms with Crippen molar-refractivity contribution >= 4 is 5.91 Å². The van der Waals surface area contributed by atoms with Crippen LogP contribution in [-0.4, -0.2) is 23.7 Å². The monoisotopic (exact) mass is 328 g/mol. The quantitative estimate of drug-likeness (QED) is 0.853. The van der Waals surface area contributed by atoms with E-state index >= 15 is 0 Å². The number of nitrogens with one attached hydrogen (secondary N) is 1. The minimum absolute atomic E-state index is 0.0852. The van der Waals surface area contributed by atoms with Crippen LogP contribution in [0, 0.1) is 17.1 Å². The predicted molar refractivity (Wildman–Crippen MR) is 85.9 cm³/mol. The molecule has 2 N–H and O–H groups in total. The number of halogens is 1. The number of aliphatic hydroxyl groups is 1. The first-order chi connectivity index (χ1) is 11.5. The SMILES string of the molecule is C[C@H](O)CNC(=O)c1cccc(OCc2ccc(F)cc2C#N)c1. The van der Waals surface area contributed by atoms with Gasteiger partial charge in [0.2, 0.25) is 0 Å². The van der Waals surface area contributed by atoms with Gasteiger partial charge in [0.15, 0.2) is 0 Å². The van der Waals surface area contributed by atoms with Gasteiger partial charge in [-0.2, -0.15) is 5.26 Å². The van der Waals surface area contributed by atoms with E-state index in [0.29, 0.717) is 16.9 Å². The van der Waals surface area contributed by atoms with Crippen molar-refractivity contribution in [2.45, 2.75) is 19.6 Å². The number of aliphatic hydroxyl groups excluding tert-OH is 1. The molecule has 0 aromatic heterocycles. The van der Waals surface area contributed by atoms with Crippen molar-refractivity contribution in [1.29, 1.82) is 5.26 Å². The molecule has 0 aliphatic heterocycles.